The van der Waals surface area contributed by atoms with Crippen LogP contribution in [0.4, 0.5) is 4.79 Å². The summed E-state index contributed by atoms with van der Waals surface area (Å²) in [7, 11) is 0. The molecule has 0 spiro atoms. The number of carbonyl (C=O) groups excluding carboxylic acids is 4. The molecular weight excluding hydrogens is 446 g/mol. The molecule has 190 valence electrons. The molecule has 0 aromatic heterocycles. The predicted molar refractivity (Wildman–Crippen MR) is 122 cm³/mol. The molecule has 0 aliphatic heterocycles. The molecular formula is C24H35NO9. The van der Waals surface area contributed by atoms with Crippen molar-refractivity contribution in [1.82, 2.24) is 0 Å². The summed E-state index contributed by atoms with van der Waals surface area (Å²) < 4.78 is 25.6. The molecule has 0 radical (unpaired) electrons. The molecule has 2 atom stereocenters. The lowest BCUT2D eigenvalue weighted by Crippen LogP contribution is -2.37. The zero-order valence-corrected chi connectivity index (χ0v) is 20.6. The Kier molecular flexibility index (Phi) is 12.1. The fourth-order valence-electron chi connectivity index (χ4n) is 2.37. The molecule has 1 rings (SSSR count). The third-order valence-corrected chi connectivity index (χ3v) is 4.31. The highest BCUT2D eigenvalue weighted by molar-refractivity contribution is 5.78. The van der Waals surface area contributed by atoms with Crippen molar-refractivity contribution in [3.8, 4) is 11.5 Å². The summed E-state index contributed by atoms with van der Waals surface area (Å²) in [5.41, 5.74) is 6.54. The molecule has 0 saturated carbocycles. The molecule has 0 unspecified atom stereocenters. The molecule has 0 aliphatic carbocycles. The molecule has 2 N–H and O–H groups in total. The van der Waals surface area contributed by atoms with Crippen LogP contribution in [0.25, 0.3) is 0 Å². The van der Waals surface area contributed by atoms with Crippen LogP contribution in [-0.2, 0) is 35.0 Å². The summed E-state index contributed by atoms with van der Waals surface area (Å²) in [6.45, 7) is 10.2. The maximum Gasteiger partial charge on any atom is 0.508 e. The summed E-state index contributed by atoms with van der Waals surface area (Å²) in [4.78, 5) is 47.8. The van der Waals surface area contributed by atoms with Gasteiger partial charge in [0.05, 0.1) is 18.4 Å². The number of hydrogen-bond acceptors (Lipinski definition) is 10. The van der Waals surface area contributed by atoms with Crippen molar-refractivity contribution in [2.24, 2.45) is 17.6 Å². The van der Waals surface area contributed by atoms with Gasteiger partial charge in [0.15, 0.2) is 11.5 Å². The summed E-state index contributed by atoms with van der Waals surface area (Å²) in [5, 5.41) is 0. The number of ether oxygens (including phenoxy) is 5. The monoisotopic (exact) mass is 481 g/mol. The van der Waals surface area contributed by atoms with Crippen LogP contribution >= 0.6 is 0 Å². The second-order valence-corrected chi connectivity index (χ2v) is 8.40. The second-order valence-electron chi connectivity index (χ2n) is 8.40. The van der Waals surface area contributed by atoms with E-state index >= 15 is 0 Å². The number of rotatable bonds is 12. The molecule has 0 fully saturated rings. The van der Waals surface area contributed by atoms with E-state index in [4.69, 9.17) is 29.4 Å². The highest BCUT2D eigenvalue weighted by atomic mass is 16.7. The van der Waals surface area contributed by atoms with Gasteiger partial charge in [0.1, 0.15) is 18.8 Å². The summed E-state index contributed by atoms with van der Waals surface area (Å²) in [6, 6.07) is 3.55. The van der Waals surface area contributed by atoms with Crippen LogP contribution in [0.2, 0.25) is 0 Å². The van der Waals surface area contributed by atoms with E-state index in [1.54, 1.807) is 40.7 Å². The van der Waals surface area contributed by atoms with Gasteiger partial charge in [-0.15, -0.1) is 0 Å². The van der Waals surface area contributed by atoms with Crippen LogP contribution < -0.4 is 15.2 Å². The SMILES string of the molecule is CCCOC(=O)OC[C@H](C)OC(=O)[C@@H](N)Cc1ccc(OC(=O)C(C)C)c(OC(=O)C(C)C)c1. The fraction of sp³-hybridized carbons (Fsp3) is 0.583. The minimum absolute atomic E-state index is 0.0538. The highest BCUT2D eigenvalue weighted by Crippen LogP contribution is 2.30. The third kappa shape index (κ3) is 10.2. The first-order valence-corrected chi connectivity index (χ1v) is 11.3. The van der Waals surface area contributed by atoms with E-state index in [2.05, 4.69) is 0 Å². The van der Waals surface area contributed by atoms with Gasteiger partial charge in [-0.3, -0.25) is 14.4 Å². The molecule has 1 aromatic rings. The molecule has 0 amide bonds. The minimum Gasteiger partial charge on any atom is -0.458 e. The molecule has 0 saturated heterocycles. The Morgan fingerprint density at radius 1 is 0.853 bits per heavy atom. The van der Waals surface area contributed by atoms with Gasteiger partial charge in [0, 0.05) is 0 Å². The molecule has 0 bridgehead atoms. The lowest BCUT2D eigenvalue weighted by Gasteiger charge is -2.18. The van der Waals surface area contributed by atoms with Crippen LogP contribution in [0, 0.1) is 11.8 Å². The Bertz CT molecular complexity index is 851. The van der Waals surface area contributed by atoms with E-state index in [1.807, 2.05) is 6.92 Å². The average molecular weight is 482 g/mol. The first-order chi connectivity index (χ1) is 15.9. The Labute approximate surface area is 200 Å². The Morgan fingerprint density at radius 2 is 1.44 bits per heavy atom. The number of esters is 3. The number of benzene rings is 1. The Morgan fingerprint density at radius 3 is 2.00 bits per heavy atom. The van der Waals surface area contributed by atoms with Crippen LogP contribution in [0.5, 0.6) is 11.5 Å². The van der Waals surface area contributed by atoms with E-state index in [0.717, 1.165) is 0 Å². The minimum atomic E-state index is -1.03. The number of nitrogens with two attached hydrogens (primary N) is 1. The van der Waals surface area contributed by atoms with Crippen molar-refractivity contribution in [2.75, 3.05) is 13.2 Å². The molecule has 0 aliphatic rings. The average Bonchev–Trinajstić information content (AvgIpc) is 2.77. The van der Waals surface area contributed by atoms with Gasteiger partial charge in [-0.25, -0.2) is 4.79 Å². The smallest absolute Gasteiger partial charge is 0.458 e. The molecule has 10 nitrogen and oxygen atoms in total. The molecule has 10 heteroatoms. The quantitative estimate of drug-likeness (QED) is 0.349. The number of carbonyl (C=O) groups is 4. The van der Waals surface area contributed by atoms with E-state index < -0.39 is 42.1 Å². The zero-order chi connectivity index (χ0) is 25.8. The van der Waals surface area contributed by atoms with Crippen LogP contribution in [-0.4, -0.2) is 49.4 Å². The molecule has 0 heterocycles. The van der Waals surface area contributed by atoms with Gasteiger partial charge in [-0.2, -0.15) is 0 Å². The topological polar surface area (TPSA) is 140 Å². The van der Waals surface area contributed by atoms with E-state index in [0.29, 0.717) is 12.0 Å². The first-order valence-electron chi connectivity index (χ1n) is 11.3. The zero-order valence-electron chi connectivity index (χ0n) is 20.6. The summed E-state index contributed by atoms with van der Waals surface area (Å²) >= 11 is 0. The van der Waals surface area contributed by atoms with Crippen molar-refractivity contribution in [3.05, 3.63) is 23.8 Å². The van der Waals surface area contributed by atoms with Gasteiger partial charge in [-0.1, -0.05) is 40.7 Å². The lowest BCUT2D eigenvalue weighted by atomic mass is 10.1. The third-order valence-electron chi connectivity index (χ3n) is 4.31. The van der Waals surface area contributed by atoms with E-state index in [-0.39, 0.29) is 37.1 Å². The van der Waals surface area contributed by atoms with Crippen molar-refractivity contribution < 1.29 is 42.9 Å². The van der Waals surface area contributed by atoms with Crippen LogP contribution in [0.3, 0.4) is 0 Å². The molecule has 34 heavy (non-hydrogen) atoms. The lowest BCUT2D eigenvalue weighted by molar-refractivity contribution is -0.152. The largest absolute Gasteiger partial charge is 0.508 e. The predicted octanol–water partition coefficient (Wildman–Crippen LogP) is 3.17. The standard InChI is InChI=1S/C24H35NO9/c1-7-10-30-24(29)31-13-16(6)32-23(28)18(25)11-17-8-9-19(33-21(26)14(2)3)20(12-17)34-22(27)15(4)5/h8-9,12,14-16,18H,7,10-11,13,25H2,1-6H3/t16-,18-/m0/s1. The van der Waals surface area contributed by atoms with Crippen molar-refractivity contribution in [3.63, 3.8) is 0 Å². The first kappa shape index (κ1) is 28.9. The second kappa shape index (κ2) is 14.2. The summed E-state index contributed by atoms with van der Waals surface area (Å²) in [5.74, 6) is -2.33. The Balaban J connectivity index is 2.82. The fourth-order valence-corrected chi connectivity index (χ4v) is 2.37. The van der Waals surface area contributed by atoms with E-state index in [9.17, 15) is 19.2 Å². The van der Waals surface area contributed by atoms with Gasteiger partial charge in [0.25, 0.3) is 0 Å². The van der Waals surface area contributed by atoms with Crippen molar-refractivity contribution >= 4 is 24.1 Å². The van der Waals surface area contributed by atoms with E-state index in [1.165, 1.54) is 12.1 Å². The van der Waals surface area contributed by atoms with Gasteiger partial charge in [-0.05, 0) is 37.5 Å². The highest BCUT2D eigenvalue weighted by Gasteiger charge is 2.22. The maximum atomic E-state index is 12.3. The summed E-state index contributed by atoms with van der Waals surface area (Å²) in [6.07, 6.45) is -0.840. The number of hydrogen-bond donors (Lipinski definition) is 1. The van der Waals surface area contributed by atoms with Crippen molar-refractivity contribution in [2.45, 2.75) is 66.5 Å². The van der Waals surface area contributed by atoms with Crippen LogP contribution in [0.15, 0.2) is 18.2 Å². The van der Waals surface area contributed by atoms with Crippen LogP contribution in [0.1, 0.15) is 53.5 Å². The van der Waals surface area contributed by atoms with Gasteiger partial charge < -0.3 is 29.4 Å². The Hall–Kier alpha value is -3.14. The molecule has 1 aromatic carbocycles. The van der Waals surface area contributed by atoms with Crippen molar-refractivity contribution in [1.29, 1.82) is 0 Å². The van der Waals surface area contributed by atoms with Gasteiger partial charge in [0.2, 0.25) is 0 Å². The van der Waals surface area contributed by atoms with Gasteiger partial charge >= 0.3 is 24.1 Å². The normalized spacial score (nSPS) is 12.6. The maximum absolute atomic E-state index is 12.3.